The Bertz CT molecular complexity index is 238. The van der Waals surface area contributed by atoms with Crippen molar-refractivity contribution < 1.29 is 9.90 Å². The van der Waals surface area contributed by atoms with Crippen molar-refractivity contribution in [1.82, 2.24) is 0 Å². The van der Waals surface area contributed by atoms with Crippen molar-refractivity contribution in [3.63, 3.8) is 0 Å². The molecule has 0 aromatic heterocycles. The molecule has 0 aliphatic carbocycles. The summed E-state index contributed by atoms with van der Waals surface area (Å²) in [6.45, 7) is 2.06. The van der Waals surface area contributed by atoms with Crippen molar-refractivity contribution >= 4 is 5.97 Å². The molecule has 0 rings (SSSR count). The minimum Gasteiger partial charge on any atom is -0.478 e. The van der Waals surface area contributed by atoms with Gasteiger partial charge in [0.1, 0.15) is 0 Å². The molecule has 0 atom stereocenters. The third-order valence-corrected chi connectivity index (χ3v) is 1.01. The summed E-state index contributed by atoms with van der Waals surface area (Å²) in [5, 5.41) is 8.20. The van der Waals surface area contributed by atoms with E-state index < -0.39 is 5.97 Å². The SMILES string of the molecule is CCCC#C/C=C/C=C/C(=O)O. The van der Waals surface area contributed by atoms with E-state index in [2.05, 4.69) is 18.8 Å². The number of carboxylic acid groups (broad SMARTS) is 1. The number of allylic oxidation sites excluding steroid dienone is 3. The molecule has 0 aliphatic heterocycles. The van der Waals surface area contributed by atoms with Crippen LogP contribution in [0.4, 0.5) is 0 Å². The minimum atomic E-state index is -0.943. The third kappa shape index (κ3) is 8.51. The molecule has 0 saturated carbocycles. The second kappa shape index (κ2) is 7.62. The van der Waals surface area contributed by atoms with Crippen LogP contribution >= 0.6 is 0 Å². The number of rotatable bonds is 3. The molecule has 0 aliphatic rings. The quantitative estimate of drug-likeness (QED) is 0.393. The summed E-state index contributed by atoms with van der Waals surface area (Å²) in [7, 11) is 0. The molecular formula is C10H12O2. The molecule has 0 radical (unpaired) electrons. The van der Waals surface area contributed by atoms with Crippen LogP contribution in [0.3, 0.4) is 0 Å². The molecule has 0 spiro atoms. The van der Waals surface area contributed by atoms with Gasteiger partial charge in [-0.05, 0) is 12.5 Å². The van der Waals surface area contributed by atoms with E-state index in [1.807, 2.05) is 0 Å². The van der Waals surface area contributed by atoms with Crippen molar-refractivity contribution in [2.75, 3.05) is 0 Å². The minimum absolute atomic E-state index is 0.882. The van der Waals surface area contributed by atoms with Crippen LogP contribution in [0.1, 0.15) is 19.8 Å². The Morgan fingerprint density at radius 3 is 2.83 bits per heavy atom. The lowest BCUT2D eigenvalue weighted by Gasteiger charge is -1.75. The van der Waals surface area contributed by atoms with E-state index in [-0.39, 0.29) is 0 Å². The highest BCUT2D eigenvalue weighted by Crippen LogP contribution is 1.81. The van der Waals surface area contributed by atoms with Gasteiger partial charge in [0.15, 0.2) is 0 Å². The summed E-state index contributed by atoms with van der Waals surface area (Å²) >= 11 is 0. The molecule has 0 fully saturated rings. The van der Waals surface area contributed by atoms with Gasteiger partial charge in [-0.25, -0.2) is 4.79 Å². The van der Waals surface area contributed by atoms with Gasteiger partial charge in [-0.2, -0.15) is 0 Å². The van der Waals surface area contributed by atoms with Gasteiger partial charge < -0.3 is 5.11 Å². The largest absolute Gasteiger partial charge is 0.478 e. The standard InChI is InChI=1S/C10H12O2/c1-2-3-4-5-6-7-8-9-10(11)12/h6-9H,2-3H2,1H3,(H,11,12)/b7-6+,9-8+. The summed E-state index contributed by atoms with van der Waals surface area (Å²) < 4.78 is 0. The first-order chi connectivity index (χ1) is 5.77. The van der Waals surface area contributed by atoms with Crippen LogP contribution in [-0.2, 0) is 4.79 Å². The lowest BCUT2D eigenvalue weighted by molar-refractivity contribution is -0.131. The average Bonchev–Trinajstić information content (AvgIpc) is 2.02. The molecule has 0 aromatic rings. The zero-order chi connectivity index (χ0) is 9.23. The molecule has 0 amide bonds. The smallest absolute Gasteiger partial charge is 0.328 e. The molecule has 2 heteroatoms. The predicted molar refractivity (Wildman–Crippen MR) is 48.6 cm³/mol. The number of unbranched alkanes of at least 4 members (excludes halogenated alkanes) is 1. The summed E-state index contributed by atoms with van der Waals surface area (Å²) in [6.07, 6.45) is 7.69. The van der Waals surface area contributed by atoms with Crippen LogP contribution in [0.15, 0.2) is 24.3 Å². The maximum absolute atomic E-state index is 9.98. The van der Waals surface area contributed by atoms with Crippen molar-refractivity contribution in [1.29, 1.82) is 0 Å². The van der Waals surface area contributed by atoms with Crippen LogP contribution in [0.2, 0.25) is 0 Å². The van der Waals surface area contributed by atoms with Gasteiger partial charge in [-0.15, -0.1) is 0 Å². The monoisotopic (exact) mass is 164 g/mol. The van der Waals surface area contributed by atoms with Gasteiger partial charge in [0, 0.05) is 12.5 Å². The molecule has 0 unspecified atom stereocenters. The fourth-order valence-electron chi connectivity index (χ4n) is 0.498. The Labute approximate surface area is 72.6 Å². The van der Waals surface area contributed by atoms with Crippen molar-refractivity contribution in [3.8, 4) is 11.8 Å². The van der Waals surface area contributed by atoms with Crippen LogP contribution in [0.25, 0.3) is 0 Å². The average molecular weight is 164 g/mol. The van der Waals surface area contributed by atoms with Crippen LogP contribution in [0, 0.1) is 11.8 Å². The van der Waals surface area contributed by atoms with E-state index >= 15 is 0 Å². The number of hydrogen-bond acceptors (Lipinski definition) is 1. The highest BCUT2D eigenvalue weighted by atomic mass is 16.4. The van der Waals surface area contributed by atoms with E-state index in [1.54, 1.807) is 12.2 Å². The zero-order valence-corrected chi connectivity index (χ0v) is 7.08. The van der Waals surface area contributed by atoms with Gasteiger partial charge >= 0.3 is 5.97 Å². The Morgan fingerprint density at radius 1 is 1.50 bits per heavy atom. The number of carbonyl (C=O) groups is 1. The van der Waals surface area contributed by atoms with Crippen molar-refractivity contribution in [2.45, 2.75) is 19.8 Å². The second-order valence-electron chi connectivity index (χ2n) is 2.13. The normalized spacial score (nSPS) is 10.1. The molecule has 0 aromatic carbocycles. The number of hydrogen-bond donors (Lipinski definition) is 1. The molecule has 12 heavy (non-hydrogen) atoms. The first kappa shape index (κ1) is 10.5. The highest BCUT2D eigenvalue weighted by molar-refractivity contribution is 5.80. The fraction of sp³-hybridized carbons (Fsp3) is 0.300. The summed E-state index contributed by atoms with van der Waals surface area (Å²) in [4.78, 5) is 9.98. The molecular weight excluding hydrogens is 152 g/mol. The Balaban J connectivity index is 3.65. The summed E-state index contributed by atoms with van der Waals surface area (Å²) in [5.41, 5.74) is 0. The Kier molecular flexibility index (Phi) is 6.67. The first-order valence-corrected chi connectivity index (χ1v) is 3.82. The highest BCUT2D eigenvalue weighted by Gasteiger charge is 1.79. The van der Waals surface area contributed by atoms with Gasteiger partial charge in [0.05, 0.1) is 0 Å². The summed E-state index contributed by atoms with van der Waals surface area (Å²) in [5.74, 6) is 4.75. The van der Waals surface area contributed by atoms with Gasteiger partial charge in [-0.1, -0.05) is 30.9 Å². The van der Waals surface area contributed by atoms with Gasteiger partial charge in [0.25, 0.3) is 0 Å². The molecule has 2 nitrogen and oxygen atoms in total. The summed E-state index contributed by atoms with van der Waals surface area (Å²) in [6, 6.07) is 0. The van der Waals surface area contributed by atoms with Gasteiger partial charge in [-0.3, -0.25) is 0 Å². The molecule has 0 bridgehead atoms. The fourth-order valence-corrected chi connectivity index (χ4v) is 0.498. The van der Waals surface area contributed by atoms with Crippen LogP contribution < -0.4 is 0 Å². The van der Waals surface area contributed by atoms with E-state index in [0.29, 0.717) is 0 Å². The topological polar surface area (TPSA) is 37.3 Å². The molecule has 1 N–H and O–H groups in total. The maximum atomic E-state index is 9.98. The number of aliphatic carboxylic acids is 1. The third-order valence-electron chi connectivity index (χ3n) is 1.01. The lowest BCUT2D eigenvalue weighted by atomic mass is 10.3. The first-order valence-electron chi connectivity index (χ1n) is 3.82. The number of carboxylic acids is 1. The second-order valence-corrected chi connectivity index (χ2v) is 2.13. The van der Waals surface area contributed by atoms with Crippen LogP contribution in [-0.4, -0.2) is 11.1 Å². The molecule has 0 saturated heterocycles. The van der Waals surface area contributed by atoms with Gasteiger partial charge in [0.2, 0.25) is 0 Å². The zero-order valence-electron chi connectivity index (χ0n) is 7.08. The molecule has 0 heterocycles. The van der Waals surface area contributed by atoms with E-state index in [1.165, 1.54) is 6.08 Å². The van der Waals surface area contributed by atoms with Crippen LogP contribution in [0.5, 0.6) is 0 Å². The van der Waals surface area contributed by atoms with E-state index in [9.17, 15) is 4.79 Å². The maximum Gasteiger partial charge on any atom is 0.328 e. The molecule has 64 valence electrons. The Hall–Kier alpha value is -1.49. The van der Waals surface area contributed by atoms with E-state index in [4.69, 9.17) is 5.11 Å². The predicted octanol–water partition coefficient (Wildman–Crippen LogP) is 1.99. The van der Waals surface area contributed by atoms with E-state index in [0.717, 1.165) is 18.9 Å². The lowest BCUT2D eigenvalue weighted by Crippen LogP contribution is -1.84. The Morgan fingerprint density at radius 2 is 2.25 bits per heavy atom. The van der Waals surface area contributed by atoms with Crippen molar-refractivity contribution in [3.05, 3.63) is 24.3 Å². The van der Waals surface area contributed by atoms with Crippen molar-refractivity contribution in [2.24, 2.45) is 0 Å².